The van der Waals surface area contributed by atoms with Crippen LogP contribution in [0, 0.1) is 0 Å². The van der Waals surface area contributed by atoms with Crippen molar-refractivity contribution in [2.45, 2.75) is 5.60 Å². The molecule has 0 unspecified atom stereocenters. The summed E-state index contributed by atoms with van der Waals surface area (Å²) in [6.07, 6.45) is 0. The molecule has 3 rings (SSSR count). The van der Waals surface area contributed by atoms with Crippen molar-refractivity contribution in [2.24, 2.45) is 0 Å². The smallest absolute Gasteiger partial charge is 0.143 e. The number of aliphatic hydroxyl groups is 1. The molecule has 0 aromatic heterocycles. The van der Waals surface area contributed by atoms with Gasteiger partial charge < -0.3 is 14.6 Å². The van der Waals surface area contributed by atoms with Gasteiger partial charge in [-0.3, -0.25) is 0 Å². The van der Waals surface area contributed by atoms with Gasteiger partial charge in [0, 0.05) is 0 Å². The van der Waals surface area contributed by atoms with Crippen LogP contribution in [0.25, 0.3) is 0 Å². The quantitative estimate of drug-likeness (QED) is 0.469. The summed E-state index contributed by atoms with van der Waals surface area (Å²) in [4.78, 5) is 0. The van der Waals surface area contributed by atoms with Crippen LogP contribution in [0.2, 0.25) is 0 Å². The lowest BCUT2D eigenvalue weighted by atomic mass is 9.80. The fourth-order valence-electron chi connectivity index (χ4n) is 3.19. The van der Waals surface area contributed by atoms with Gasteiger partial charge in [-0.25, -0.2) is 0 Å². The molecule has 0 saturated carbocycles. The van der Waals surface area contributed by atoms with E-state index in [9.17, 15) is 0 Å². The first-order valence-corrected chi connectivity index (χ1v) is 8.87. The van der Waals surface area contributed by atoms with Gasteiger partial charge in [0.15, 0.2) is 0 Å². The fraction of sp³-hybridized carbons (Fsp3) is 0.217. The molecule has 26 heavy (non-hydrogen) atoms. The van der Waals surface area contributed by atoms with E-state index >= 15 is 0 Å². The monoisotopic (exact) mass is 348 g/mol. The molecule has 0 bridgehead atoms. The Kier molecular flexibility index (Phi) is 6.56. The summed E-state index contributed by atoms with van der Waals surface area (Å²) < 4.78 is 11.9. The van der Waals surface area contributed by atoms with Gasteiger partial charge in [-0.2, -0.15) is 0 Å². The molecule has 0 aliphatic rings. The first-order valence-electron chi connectivity index (χ1n) is 8.87. The second-order valence-corrected chi connectivity index (χ2v) is 5.96. The molecule has 0 aliphatic carbocycles. The van der Waals surface area contributed by atoms with Crippen LogP contribution in [0.4, 0.5) is 0 Å². The molecule has 3 aromatic carbocycles. The normalized spacial score (nSPS) is 11.4. The molecule has 0 radical (unpaired) electrons. The summed E-state index contributed by atoms with van der Waals surface area (Å²) in [5, 5.41) is 8.89. The van der Waals surface area contributed by atoms with E-state index in [4.69, 9.17) is 14.6 Å². The highest BCUT2D eigenvalue weighted by Gasteiger charge is 2.37. The largest absolute Gasteiger partial charge is 0.394 e. The lowest BCUT2D eigenvalue weighted by Gasteiger charge is -2.36. The highest BCUT2D eigenvalue weighted by atomic mass is 16.5. The maximum Gasteiger partial charge on any atom is 0.143 e. The molecular formula is C23H24O3. The minimum absolute atomic E-state index is 0.0151. The van der Waals surface area contributed by atoms with Crippen LogP contribution in [0.3, 0.4) is 0 Å². The Balaban J connectivity index is 2.06. The van der Waals surface area contributed by atoms with Crippen molar-refractivity contribution in [3.63, 3.8) is 0 Å². The molecule has 3 aromatic rings. The number of rotatable bonds is 9. The van der Waals surface area contributed by atoms with Gasteiger partial charge in [0.1, 0.15) is 5.60 Å². The number of aliphatic hydroxyl groups excluding tert-OH is 1. The SMILES string of the molecule is OCCOCCOC(c1ccccc1)(c1ccccc1)c1ccccc1. The Labute approximate surface area is 154 Å². The molecule has 3 nitrogen and oxygen atoms in total. The molecule has 3 heteroatoms. The number of hydrogen-bond donors (Lipinski definition) is 1. The van der Waals surface area contributed by atoms with Crippen molar-refractivity contribution in [1.82, 2.24) is 0 Å². The third-order valence-corrected chi connectivity index (χ3v) is 4.32. The predicted octanol–water partition coefficient (Wildman–Crippen LogP) is 4.00. The van der Waals surface area contributed by atoms with E-state index < -0.39 is 5.60 Å². The van der Waals surface area contributed by atoms with Gasteiger partial charge in [-0.05, 0) is 16.7 Å². The zero-order valence-electron chi connectivity index (χ0n) is 14.8. The molecule has 0 spiro atoms. The van der Waals surface area contributed by atoms with E-state index in [0.29, 0.717) is 19.8 Å². The average Bonchev–Trinajstić information content (AvgIpc) is 2.73. The number of hydrogen-bond acceptors (Lipinski definition) is 3. The van der Waals surface area contributed by atoms with E-state index in [1.165, 1.54) is 0 Å². The minimum Gasteiger partial charge on any atom is -0.394 e. The van der Waals surface area contributed by atoms with Crippen LogP contribution in [0.1, 0.15) is 16.7 Å². The Morgan fingerprint density at radius 3 is 1.38 bits per heavy atom. The first-order chi connectivity index (χ1) is 12.9. The highest BCUT2D eigenvalue weighted by Crippen LogP contribution is 2.40. The van der Waals surface area contributed by atoms with Crippen LogP contribution in [0.15, 0.2) is 91.0 Å². The minimum atomic E-state index is -0.716. The van der Waals surface area contributed by atoms with Crippen molar-refractivity contribution in [2.75, 3.05) is 26.4 Å². The molecule has 0 fully saturated rings. The van der Waals surface area contributed by atoms with E-state index in [2.05, 4.69) is 36.4 Å². The summed E-state index contributed by atoms with van der Waals surface area (Å²) in [6, 6.07) is 30.8. The topological polar surface area (TPSA) is 38.7 Å². The summed E-state index contributed by atoms with van der Waals surface area (Å²) in [6.45, 7) is 1.17. The Bertz CT molecular complexity index is 661. The second-order valence-electron chi connectivity index (χ2n) is 5.96. The first kappa shape index (κ1) is 18.3. The highest BCUT2D eigenvalue weighted by molar-refractivity contribution is 5.47. The molecule has 134 valence electrons. The third kappa shape index (κ3) is 4.02. The van der Waals surface area contributed by atoms with Gasteiger partial charge in [0.2, 0.25) is 0 Å². The van der Waals surface area contributed by atoms with Crippen molar-refractivity contribution in [3.8, 4) is 0 Å². The third-order valence-electron chi connectivity index (χ3n) is 4.32. The molecule has 1 N–H and O–H groups in total. The Morgan fingerprint density at radius 1 is 0.577 bits per heavy atom. The predicted molar refractivity (Wildman–Crippen MR) is 103 cm³/mol. The second kappa shape index (κ2) is 9.30. The van der Waals surface area contributed by atoms with Crippen molar-refractivity contribution < 1.29 is 14.6 Å². The molecular weight excluding hydrogens is 324 g/mol. The van der Waals surface area contributed by atoms with E-state index in [-0.39, 0.29) is 6.61 Å². The van der Waals surface area contributed by atoms with Crippen molar-refractivity contribution in [1.29, 1.82) is 0 Å². The van der Waals surface area contributed by atoms with Crippen LogP contribution in [0.5, 0.6) is 0 Å². The molecule has 0 saturated heterocycles. The van der Waals surface area contributed by atoms with Crippen LogP contribution in [-0.2, 0) is 15.1 Å². The summed E-state index contributed by atoms with van der Waals surface area (Å²) in [5.41, 5.74) is 2.49. The average molecular weight is 348 g/mol. The molecule has 0 amide bonds. The van der Waals surface area contributed by atoms with Crippen LogP contribution in [-0.4, -0.2) is 31.5 Å². The molecule has 0 aliphatic heterocycles. The van der Waals surface area contributed by atoms with Gasteiger partial charge in [-0.15, -0.1) is 0 Å². The van der Waals surface area contributed by atoms with Crippen molar-refractivity contribution in [3.05, 3.63) is 108 Å². The van der Waals surface area contributed by atoms with Gasteiger partial charge >= 0.3 is 0 Å². The number of ether oxygens (including phenoxy) is 2. The Morgan fingerprint density at radius 2 is 1.00 bits per heavy atom. The van der Waals surface area contributed by atoms with Crippen LogP contribution >= 0.6 is 0 Å². The fourth-order valence-corrected chi connectivity index (χ4v) is 3.19. The zero-order valence-corrected chi connectivity index (χ0v) is 14.8. The van der Waals surface area contributed by atoms with Gasteiger partial charge in [-0.1, -0.05) is 91.0 Å². The van der Waals surface area contributed by atoms with E-state index in [0.717, 1.165) is 16.7 Å². The lowest BCUT2D eigenvalue weighted by molar-refractivity contribution is -0.0282. The van der Waals surface area contributed by atoms with Gasteiger partial charge in [0.05, 0.1) is 26.4 Å². The van der Waals surface area contributed by atoms with E-state index in [1.54, 1.807) is 0 Å². The summed E-state index contributed by atoms with van der Waals surface area (Å²) >= 11 is 0. The van der Waals surface area contributed by atoms with Gasteiger partial charge in [0.25, 0.3) is 0 Å². The Hall–Kier alpha value is -2.46. The number of benzene rings is 3. The maximum atomic E-state index is 8.89. The standard InChI is InChI=1S/C23H24O3/c24-16-17-25-18-19-26-23(20-10-4-1-5-11-20,21-12-6-2-7-13-21)22-14-8-3-9-15-22/h1-15,24H,16-19H2. The van der Waals surface area contributed by atoms with Crippen LogP contribution < -0.4 is 0 Å². The molecule has 0 heterocycles. The van der Waals surface area contributed by atoms with Crippen molar-refractivity contribution >= 4 is 0 Å². The zero-order chi connectivity index (χ0) is 18.1. The maximum absolute atomic E-state index is 8.89. The van der Waals surface area contributed by atoms with E-state index in [1.807, 2.05) is 54.6 Å². The molecule has 0 atom stereocenters. The lowest BCUT2D eigenvalue weighted by Crippen LogP contribution is -2.34. The summed E-state index contributed by atoms with van der Waals surface area (Å²) in [5.74, 6) is 0. The summed E-state index contributed by atoms with van der Waals surface area (Å²) in [7, 11) is 0.